The fourth-order valence-electron chi connectivity index (χ4n) is 2.67. The summed E-state index contributed by atoms with van der Waals surface area (Å²) in [6.07, 6.45) is 1.66. The van der Waals surface area contributed by atoms with Crippen molar-refractivity contribution in [2.24, 2.45) is 0 Å². The van der Waals surface area contributed by atoms with E-state index in [4.69, 9.17) is 27.6 Å². The van der Waals surface area contributed by atoms with Crippen molar-refractivity contribution in [2.45, 2.75) is 24.7 Å². The van der Waals surface area contributed by atoms with E-state index in [0.29, 0.717) is 22.2 Å². The topological polar surface area (TPSA) is 105 Å². The van der Waals surface area contributed by atoms with E-state index in [1.807, 2.05) is 6.92 Å². The van der Waals surface area contributed by atoms with Crippen molar-refractivity contribution in [3.8, 4) is 11.5 Å². The smallest absolute Gasteiger partial charge is 0.322 e. The van der Waals surface area contributed by atoms with Crippen LogP contribution in [0.15, 0.2) is 51.8 Å². The molecule has 0 fully saturated rings. The summed E-state index contributed by atoms with van der Waals surface area (Å²) in [6, 6.07) is 10.3. The van der Waals surface area contributed by atoms with E-state index in [2.05, 4.69) is 15.5 Å². The van der Waals surface area contributed by atoms with Gasteiger partial charge in [0.2, 0.25) is 10.0 Å². The molecule has 1 amide bonds. The highest BCUT2D eigenvalue weighted by Crippen LogP contribution is 2.30. The highest BCUT2D eigenvalue weighted by Gasteiger charge is 2.21. The zero-order valence-corrected chi connectivity index (χ0v) is 19.1. The van der Waals surface area contributed by atoms with Crippen LogP contribution in [-0.2, 0) is 10.0 Å². The van der Waals surface area contributed by atoms with E-state index in [1.165, 1.54) is 41.7 Å². The normalized spacial score (nSPS) is 11.6. The van der Waals surface area contributed by atoms with Gasteiger partial charge in [-0.05, 0) is 48.9 Å². The molecule has 31 heavy (non-hydrogen) atoms. The molecular formula is C20H20Cl2N4O4S. The molecule has 1 aromatic heterocycles. The summed E-state index contributed by atoms with van der Waals surface area (Å²) >= 11 is 12.0. The van der Waals surface area contributed by atoms with Crippen molar-refractivity contribution in [1.82, 2.24) is 14.5 Å². The monoisotopic (exact) mass is 482 g/mol. The number of carbonyl (C=O) groups is 1. The Morgan fingerprint density at radius 1 is 1.13 bits per heavy atom. The number of anilines is 1. The predicted molar refractivity (Wildman–Crippen MR) is 119 cm³/mol. The number of sulfonamides is 1. The number of rotatable bonds is 8. The molecule has 0 atom stereocenters. The minimum Gasteiger partial charge on any atom is -0.403 e. The molecule has 1 N–H and O–H groups in total. The number of nitrogens with one attached hydrogen (secondary N) is 1. The summed E-state index contributed by atoms with van der Waals surface area (Å²) in [6.45, 7) is 2.42. The summed E-state index contributed by atoms with van der Waals surface area (Å²) < 4.78 is 31.9. The quantitative estimate of drug-likeness (QED) is 0.497. The Morgan fingerprint density at radius 3 is 2.48 bits per heavy atom. The highest BCUT2D eigenvalue weighted by atomic mass is 35.5. The maximum absolute atomic E-state index is 12.6. The fourth-order valence-corrected chi connectivity index (χ4v) is 4.37. The first-order valence-corrected chi connectivity index (χ1v) is 11.6. The molecule has 3 aromatic rings. The number of unbranched alkanes of at least 4 members (excludes halogenated alkanes) is 1. The fraction of sp³-hybridized carbons (Fsp3) is 0.250. The van der Waals surface area contributed by atoms with Crippen molar-refractivity contribution >= 4 is 45.1 Å². The molecule has 0 saturated carbocycles. The van der Waals surface area contributed by atoms with E-state index in [9.17, 15) is 13.2 Å². The summed E-state index contributed by atoms with van der Waals surface area (Å²) in [7, 11) is -2.07. The van der Waals surface area contributed by atoms with Gasteiger partial charge >= 0.3 is 6.01 Å². The van der Waals surface area contributed by atoms with Gasteiger partial charge in [-0.2, -0.15) is 0 Å². The molecule has 0 bridgehead atoms. The second-order valence-electron chi connectivity index (χ2n) is 6.70. The molecule has 0 aliphatic rings. The van der Waals surface area contributed by atoms with Gasteiger partial charge in [0.1, 0.15) is 0 Å². The van der Waals surface area contributed by atoms with Gasteiger partial charge in [-0.25, -0.2) is 12.7 Å². The zero-order chi connectivity index (χ0) is 22.6. The van der Waals surface area contributed by atoms with Gasteiger partial charge < -0.3 is 4.42 Å². The Hall–Kier alpha value is -2.46. The molecule has 1 heterocycles. The Kier molecular flexibility index (Phi) is 7.32. The first kappa shape index (κ1) is 23.2. The molecule has 0 aliphatic carbocycles. The second kappa shape index (κ2) is 9.78. The Labute approximate surface area is 190 Å². The summed E-state index contributed by atoms with van der Waals surface area (Å²) in [5.74, 6) is -0.408. The standard InChI is InChI=1S/C20H20Cl2N4O4S/c1-3-4-11-26(2)31(28,29)15-8-5-13(6-9-15)18(27)23-20-25-24-19(30-20)16-10-7-14(21)12-17(16)22/h5-10,12H,3-4,11H2,1-2H3,(H,23,25,27). The predicted octanol–water partition coefficient (Wildman–Crippen LogP) is 4.72. The minimum atomic E-state index is -3.61. The van der Waals surface area contributed by atoms with Gasteiger partial charge in [-0.15, -0.1) is 5.10 Å². The van der Waals surface area contributed by atoms with Crippen LogP contribution in [0.4, 0.5) is 6.01 Å². The van der Waals surface area contributed by atoms with Crippen LogP contribution in [-0.4, -0.2) is 42.4 Å². The van der Waals surface area contributed by atoms with Crippen LogP contribution in [0.1, 0.15) is 30.1 Å². The first-order chi connectivity index (χ1) is 14.7. The van der Waals surface area contributed by atoms with Crippen LogP contribution in [0.2, 0.25) is 10.0 Å². The summed E-state index contributed by atoms with van der Waals surface area (Å²) in [5.41, 5.74) is 0.709. The maximum atomic E-state index is 12.6. The van der Waals surface area contributed by atoms with Gasteiger partial charge in [0, 0.05) is 24.2 Å². The molecule has 0 aliphatic heterocycles. The SMILES string of the molecule is CCCCN(C)S(=O)(=O)c1ccc(C(=O)Nc2nnc(-c3ccc(Cl)cc3Cl)o2)cc1. The maximum Gasteiger partial charge on any atom is 0.322 e. The molecule has 0 saturated heterocycles. The van der Waals surface area contributed by atoms with E-state index >= 15 is 0 Å². The van der Waals surface area contributed by atoms with Crippen molar-refractivity contribution in [3.05, 3.63) is 58.1 Å². The summed E-state index contributed by atoms with van der Waals surface area (Å²) in [4.78, 5) is 12.6. The Bertz CT molecular complexity index is 1180. The third-order valence-electron chi connectivity index (χ3n) is 4.46. The average molecular weight is 483 g/mol. The van der Waals surface area contributed by atoms with Gasteiger partial charge in [-0.3, -0.25) is 10.1 Å². The van der Waals surface area contributed by atoms with Crippen LogP contribution >= 0.6 is 23.2 Å². The van der Waals surface area contributed by atoms with Gasteiger partial charge in [-0.1, -0.05) is 41.6 Å². The molecular weight excluding hydrogens is 463 g/mol. The van der Waals surface area contributed by atoms with E-state index in [-0.39, 0.29) is 22.4 Å². The Morgan fingerprint density at radius 2 is 1.84 bits per heavy atom. The van der Waals surface area contributed by atoms with Crippen LogP contribution in [0.3, 0.4) is 0 Å². The first-order valence-electron chi connectivity index (χ1n) is 9.39. The van der Waals surface area contributed by atoms with Crippen molar-refractivity contribution in [1.29, 1.82) is 0 Å². The van der Waals surface area contributed by atoms with Crippen LogP contribution in [0.25, 0.3) is 11.5 Å². The number of carbonyl (C=O) groups excluding carboxylic acids is 1. The van der Waals surface area contributed by atoms with E-state index in [1.54, 1.807) is 12.1 Å². The number of hydrogen-bond donors (Lipinski definition) is 1. The lowest BCUT2D eigenvalue weighted by Gasteiger charge is -2.16. The molecule has 3 rings (SSSR count). The lowest BCUT2D eigenvalue weighted by molar-refractivity contribution is 0.102. The molecule has 0 radical (unpaired) electrons. The minimum absolute atomic E-state index is 0.111. The van der Waals surface area contributed by atoms with Crippen LogP contribution in [0.5, 0.6) is 0 Å². The van der Waals surface area contributed by atoms with Crippen molar-refractivity contribution in [2.75, 3.05) is 18.9 Å². The number of amides is 1. The summed E-state index contributed by atoms with van der Waals surface area (Å²) in [5, 5.41) is 10.9. The average Bonchev–Trinajstić information content (AvgIpc) is 3.20. The van der Waals surface area contributed by atoms with E-state index in [0.717, 1.165) is 12.8 Å². The number of halogens is 2. The molecule has 2 aromatic carbocycles. The van der Waals surface area contributed by atoms with Crippen LogP contribution in [0, 0.1) is 0 Å². The Balaban J connectivity index is 1.71. The van der Waals surface area contributed by atoms with Crippen molar-refractivity contribution in [3.63, 3.8) is 0 Å². The highest BCUT2D eigenvalue weighted by molar-refractivity contribution is 7.89. The number of hydrogen-bond acceptors (Lipinski definition) is 6. The van der Waals surface area contributed by atoms with Crippen molar-refractivity contribution < 1.29 is 17.6 Å². The van der Waals surface area contributed by atoms with Gasteiger partial charge in [0.15, 0.2) is 0 Å². The van der Waals surface area contributed by atoms with Gasteiger partial charge in [0.05, 0.1) is 15.5 Å². The largest absolute Gasteiger partial charge is 0.403 e. The lowest BCUT2D eigenvalue weighted by atomic mass is 10.2. The number of benzene rings is 2. The van der Waals surface area contributed by atoms with Gasteiger partial charge in [0.25, 0.3) is 11.8 Å². The second-order valence-corrected chi connectivity index (χ2v) is 9.58. The number of aromatic nitrogens is 2. The number of nitrogens with zero attached hydrogens (tertiary/aromatic N) is 3. The lowest BCUT2D eigenvalue weighted by Crippen LogP contribution is -2.28. The third-order valence-corrected chi connectivity index (χ3v) is 6.88. The van der Waals surface area contributed by atoms with E-state index < -0.39 is 15.9 Å². The van der Waals surface area contributed by atoms with Crippen LogP contribution < -0.4 is 5.32 Å². The molecule has 8 nitrogen and oxygen atoms in total. The molecule has 11 heteroatoms. The molecule has 164 valence electrons. The zero-order valence-electron chi connectivity index (χ0n) is 16.8. The molecule has 0 spiro atoms. The third kappa shape index (κ3) is 5.43. The molecule has 0 unspecified atom stereocenters.